The summed E-state index contributed by atoms with van der Waals surface area (Å²) >= 11 is 0. The summed E-state index contributed by atoms with van der Waals surface area (Å²) in [5.41, 5.74) is 7.46. The molecule has 26 heavy (non-hydrogen) atoms. The van der Waals surface area contributed by atoms with Crippen molar-refractivity contribution >= 4 is 11.8 Å². The summed E-state index contributed by atoms with van der Waals surface area (Å²) in [7, 11) is 0. The summed E-state index contributed by atoms with van der Waals surface area (Å²) in [4.78, 5) is 28.6. The van der Waals surface area contributed by atoms with Crippen molar-refractivity contribution in [2.45, 2.75) is 57.9 Å². The van der Waals surface area contributed by atoms with Gasteiger partial charge in [-0.05, 0) is 24.8 Å². The summed E-state index contributed by atoms with van der Waals surface area (Å²) in [6.07, 6.45) is 3.43. The van der Waals surface area contributed by atoms with Crippen molar-refractivity contribution in [2.24, 2.45) is 5.73 Å². The Bertz CT molecular complexity index is 570. The summed E-state index contributed by atoms with van der Waals surface area (Å²) in [5, 5.41) is 0. The van der Waals surface area contributed by atoms with Crippen LogP contribution in [0.25, 0.3) is 0 Å². The van der Waals surface area contributed by atoms with Crippen LogP contribution in [-0.4, -0.2) is 53.8 Å². The second-order valence-corrected chi connectivity index (χ2v) is 7.21. The van der Waals surface area contributed by atoms with Gasteiger partial charge >= 0.3 is 0 Å². The Morgan fingerprint density at radius 3 is 2.35 bits per heavy atom. The Hall–Kier alpha value is -1.88. The topological polar surface area (TPSA) is 66.6 Å². The second kappa shape index (κ2) is 10.3. The van der Waals surface area contributed by atoms with E-state index in [1.54, 1.807) is 0 Å². The van der Waals surface area contributed by atoms with E-state index in [0.29, 0.717) is 32.4 Å². The van der Waals surface area contributed by atoms with Crippen LogP contribution in [0.1, 0.15) is 57.4 Å². The van der Waals surface area contributed by atoms with E-state index in [1.807, 2.05) is 28.0 Å². The molecule has 1 aromatic carbocycles. The van der Waals surface area contributed by atoms with Gasteiger partial charge in [-0.3, -0.25) is 9.59 Å². The van der Waals surface area contributed by atoms with Gasteiger partial charge in [0, 0.05) is 51.0 Å². The standard InChI is InChI=1S/C21H33N3O2/c1-3-13-23(14-4-2)20(25)11-8-12-21(26)24-15-18(19(22)16-24)17-9-6-5-7-10-17/h5-7,9-10,18-19H,3-4,8,11-16,22H2,1-2H3/t18-,19+/m0/s1. The number of carbonyl (C=O) groups is 2. The zero-order valence-electron chi connectivity index (χ0n) is 16.2. The Morgan fingerprint density at radius 2 is 1.73 bits per heavy atom. The van der Waals surface area contributed by atoms with Crippen molar-refractivity contribution in [3.63, 3.8) is 0 Å². The maximum Gasteiger partial charge on any atom is 0.222 e. The first-order valence-corrected chi connectivity index (χ1v) is 9.92. The molecule has 0 unspecified atom stereocenters. The zero-order chi connectivity index (χ0) is 18.9. The largest absolute Gasteiger partial charge is 0.343 e. The number of likely N-dealkylation sites (tertiary alicyclic amines) is 1. The lowest BCUT2D eigenvalue weighted by Crippen LogP contribution is -2.33. The minimum atomic E-state index is -0.0208. The molecule has 1 heterocycles. The van der Waals surface area contributed by atoms with E-state index < -0.39 is 0 Å². The molecule has 5 nitrogen and oxygen atoms in total. The molecule has 1 aromatic rings. The van der Waals surface area contributed by atoms with Gasteiger partial charge in [-0.25, -0.2) is 0 Å². The molecule has 1 saturated heterocycles. The third-order valence-electron chi connectivity index (χ3n) is 5.07. The minimum absolute atomic E-state index is 0.0208. The van der Waals surface area contributed by atoms with Gasteiger partial charge in [-0.1, -0.05) is 44.2 Å². The van der Waals surface area contributed by atoms with Gasteiger partial charge in [0.2, 0.25) is 11.8 Å². The highest BCUT2D eigenvalue weighted by molar-refractivity contribution is 5.79. The van der Waals surface area contributed by atoms with Crippen molar-refractivity contribution in [1.82, 2.24) is 9.80 Å². The number of hydrogen-bond donors (Lipinski definition) is 1. The molecule has 0 radical (unpaired) electrons. The van der Waals surface area contributed by atoms with Crippen molar-refractivity contribution in [1.29, 1.82) is 0 Å². The lowest BCUT2D eigenvalue weighted by Gasteiger charge is -2.21. The average Bonchev–Trinajstić information content (AvgIpc) is 3.04. The van der Waals surface area contributed by atoms with Gasteiger partial charge in [0.25, 0.3) is 0 Å². The maximum absolute atomic E-state index is 12.5. The predicted octanol–water partition coefficient (Wildman–Crippen LogP) is 2.76. The molecule has 144 valence electrons. The fraction of sp³-hybridized carbons (Fsp3) is 0.619. The Labute approximate surface area is 157 Å². The summed E-state index contributed by atoms with van der Waals surface area (Å²) in [5.74, 6) is 0.484. The van der Waals surface area contributed by atoms with E-state index in [2.05, 4.69) is 26.0 Å². The van der Waals surface area contributed by atoms with E-state index >= 15 is 0 Å². The first-order valence-electron chi connectivity index (χ1n) is 9.92. The number of carbonyl (C=O) groups excluding carboxylic acids is 2. The van der Waals surface area contributed by atoms with Gasteiger partial charge in [0.15, 0.2) is 0 Å². The van der Waals surface area contributed by atoms with E-state index in [9.17, 15) is 9.59 Å². The van der Waals surface area contributed by atoms with Crippen LogP contribution in [0.5, 0.6) is 0 Å². The van der Waals surface area contributed by atoms with Crippen LogP contribution in [-0.2, 0) is 9.59 Å². The zero-order valence-corrected chi connectivity index (χ0v) is 16.2. The predicted molar refractivity (Wildman–Crippen MR) is 105 cm³/mol. The van der Waals surface area contributed by atoms with Crippen LogP contribution in [0, 0.1) is 0 Å². The third kappa shape index (κ3) is 5.56. The maximum atomic E-state index is 12.5. The Morgan fingerprint density at radius 1 is 1.08 bits per heavy atom. The lowest BCUT2D eigenvalue weighted by atomic mass is 9.95. The molecule has 0 aromatic heterocycles. The van der Waals surface area contributed by atoms with Crippen LogP contribution >= 0.6 is 0 Å². The van der Waals surface area contributed by atoms with E-state index in [4.69, 9.17) is 5.73 Å². The van der Waals surface area contributed by atoms with Crippen molar-refractivity contribution in [2.75, 3.05) is 26.2 Å². The highest BCUT2D eigenvalue weighted by Gasteiger charge is 2.33. The molecule has 0 aliphatic carbocycles. The summed E-state index contributed by atoms with van der Waals surface area (Å²) < 4.78 is 0. The summed E-state index contributed by atoms with van der Waals surface area (Å²) in [6, 6.07) is 10.1. The van der Waals surface area contributed by atoms with Crippen LogP contribution in [0.3, 0.4) is 0 Å². The van der Waals surface area contributed by atoms with Crippen LogP contribution < -0.4 is 5.73 Å². The molecule has 2 amide bonds. The number of nitrogens with zero attached hydrogens (tertiary/aromatic N) is 2. The van der Waals surface area contributed by atoms with Gasteiger partial charge in [-0.15, -0.1) is 0 Å². The summed E-state index contributed by atoms with van der Waals surface area (Å²) in [6.45, 7) is 7.05. The molecule has 1 aliphatic rings. The molecule has 1 aliphatic heterocycles. The smallest absolute Gasteiger partial charge is 0.222 e. The van der Waals surface area contributed by atoms with Crippen LogP contribution in [0.4, 0.5) is 0 Å². The molecule has 0 saturated carbocycles. The van der Waals surface area contributed by atoms with E-state index in [-0.39, 0.29) is 23.8 Å². The third-order valence-corrected chi connectivity index (χ3v) is 5.07. The fourth-order valence-corrected chi connectivity index (χ4v) is 3.69. The quantitative estimate of drug-likeness (QED) is 0.737. The molecule has 1 fully saturated rings. The number of amides is 2. The lowest BCUT2D eigenvalue weighted by molar-refractivity contribution is -0.132. The molecule has 2 N–H and O–H groups in total. The monoisotopic (exact) mass is 359 g/mol. The first-order chi connectivity index (χ1) is 12.6. The van der Waals surface area contributed by atoms with Crippen LogP contribution in [0.2, 0.25) is 0 Å². The normalized spacial score (nSPS) is 19.6. The van der Waals surface area contributed by atoms with Gasteiger partial charge < -0.3 is 15.5 Å². The SMILES string of the molecule is CCCN(CCC)C(=O)CCCC(=O)N1C[C@@H](N)[C@H](c2ccccc2)C1. The highest BCUT2D eigenvalue weighted by Crippen LogP contribution is 2.26. The number of nitrogens with two attached hydrogens (primary N) is 1. The van der Waals surface area contributed by atoms with Gasteiger partial charge in [0.1, 0.15) is 0 Å². The highest BCUT2D eigenvalue weighted by atomic mass is 16.2. The van der Waals surface area contributed by atoms with Crippen molar-refractivity contribution in [3.8, 4) is 0 Å². The van der Waals surface area contributed by atoms with E-state index in [0.717, 1.165) is 25.9 Å². The molecule has 0 spiro atoms. The van der Waals surface area contributed by atoms with Crippen LogP contribution in [0.15, 0.2) is 30.3 Å². The molecule has 2 rings (SSSR count). The van der Waals surface area contributed by atoms with Gasteiger partial charge in [-0.2, -0.15) is 0 Å². The minimum Gasteiger partial charge on any atom is -0.343 e. The number of rotatable bonds is 9. The van der Waals surface area contributed by atoms with E-state index in [1.165, 1.54) is 5.56 Å². The molecule has 2 atom stereocenters. The molecular weight excluding hydrogens is 326 g/mol. The molecule has 5 heteroatoms. The molecule has 0 bridgehead atoms. The van der Waals surface area contributed by atoms with Gasteiger partial charge in [0.05, 0.1) is 0 Å². The average molecular weight is 360 g/mol. The fourth-order valence-electron chi connectivity index (χ4n) is 3.69. The number of benzene rings is 1. The van der Waals surface area contributed by atoms with Crippen molar-refractivity contribution < 1.29 is 9.59 Å². The van der Waals surface area contributed by atoms with Crippen molar-refractivity contribution in [3.05, 3.63) is 35.9 Å². The number of hydrogen-bond acceptors (Lipinski definition) is 3. The molecular formula is C21H33N3O2. The Balaban J connectivity index is 1.79. The Kier molecular flexibility index (Phi) is 8.10. The second-order valence-electron chi connectivity index (χ2n) is 7.21. The first kappa shape index (κ1) is 20.4.